The highest BCUT2D eigenvalue weighted by Gasteiger charge is 2.06. The minimum Gasteiger partial charge on any atom is -0.382 e. The summed E-state index contributed by atoms with van der Waals surface area (Å²) in [5, 5.41) is 12.1. The van der Waals surface area contributed by atoms with Gasteiger partial charge in [0.05, 0.1) is 11.6 Å². The van der Waals surface area contributed by atoms with Crippen molar-refractivity contribution in [3.8, 4) is 6.07 Å². The highest BCUT2D eigenvalue weighted by molar-refractivity contribution is 5.49. The largest absolute Gasteiger partial charge is 0.382 e. The van der Waals surface area contributed by atoms with Crippen molar-refractivity contribution in [2.75, 3.05) is 5.32 Å². The number of benzene rings is 1. The van der Waals surface area contributed by atoms with E-state index in [9.17, 15) is 0 Å². The van der Waals surface area contributed by atoms with E-state index in [4.69, 9.17) is 5.26 Å². The molecule has 14 heavy (non-hydrogen) atoms. The molecule has 0 bridgehead atoms. The average Bonchev–Trinajstić information content (AvgIpc) is 2.18. The van der Waals surface area contributed by atoms with Gasteiger partial charge in [0, 0.05) is 11.7 Å². The van der Waals surface area contributed by atoms with Gasteiger partial charge in [0.2, 0.25) is 0 Å². The first-order chi connectivity index (χ1) is 6.63. The average molecular weight is 188 g/mol. The van der Waals surface area contributed by atoms with E-state index in [0.29, 0.717) is 17.5 Å². The molecule has 1 atom stereocenters. The van der Waals surface area contributed by atoms with Crippen molar-refractivity contribution in [3.05, 3.63) is 29.8 Å². The molecule has 1 N–H and O–H groups in total. The van der Waals surface area contributed by atoms with Crippen LogP contribution >= 0.6 is 0 Å². The second-order valence-electron chi connectivity index (χ2n) is 3.87. The van der Waals surface area contributed by atoms with Crippen LogP contribution in [0.25, 0.3) is 0 Å². The number of hydrogen-bond acceptors (Lipinski definition) is 2. The van der Waals surface area contributed by atoms with E-state index < -0.39 is 0 Å². The zero-order valence-corrected chi connectivity index (χ0v) is 8.91. The molecule has 0 aliphatic carbocycles. The molecule has 0 heterocycles. The molecular formula is C12H16N2. The van der Waals surface area contributed by atoms with E-state index in [1.165, 1.54) is 0 Å². The molecule has 0 saturated heterocycles. The second-order valence-corrected chi connectivity index (χ2v) is 3.87. The molecule has 0 spiro atoms. The molecule has 0 aliphatic heterocycles. The van der Waals surface area contributed by atoms with Gasteiger partial charge in [-0.05, 0) is 31.0 Å². The normalized spacial score (nSPS) is 12.2. The van der Waals surface area contributed by atoms with Crippen molar-refractivity contribution in [2.24, 2.45) is 5.92 Å². The summed E-state index contributed by atoms with van der Waals surface area (Å²) in [5.41, 5.74) is 1.72. The lowest BCUT2D eigenvalue weighted by Gasteiger charge is -2.18. The van der Waals surface area contributed by atoms with Crippen LogP contribution in [0.3, 0.4) is 0 Å². The van der Waals surface area contributed by atoms with Crippen LogP contribution in [0.2, 0.25) is 0 Å². The summed E-state index contributed by atoms with van der Waals surface area (Å²) in [5.74, 6) is 0.584. The van der Waals surface area contributed by atoms with Crippen LogP contribution in [-0.2, 0) is 0 Å². The van der Waals surface area contributed by atoms with E-state index >= 15 is 0 Å². The molecule has 1 aromatic rings. The molecule has 0 aromatic heterocycles. The monoisotopic (exact) mass is 188 g/mol. The number of hydrogen-bond donors (Lipinski definition) is 1. The molecule has 0 saturated carbocycles. The molecule has 0 aliphatic rings. The van der Waals surface area contributed by atoms with Crippen molar-refractivity contribution in [1.82, 2.24) is 0 Å². The van der Waals surface area contributed by atoms with E-state index in [0.717, 1.165) is 5.69 Å². The third-order valence-electron chi connectivity index (χ3n) is 2.39. The lowest BCUT2D eigenvalue weighted by molar-refractivity contribution is 0.560. The molecule has 0 unspecified atom stereocenters. The predicted octanol–water partition coefficient (Wildman–Crippen LogP) is 3.01. The first kappa shape index (κ1) is 10.6. The Kier molecular flexibility index (Phi) is 3.53. The minimum absolute atomic E-state index is 0.420. The number of nitriles is 1. The Labute approximate surface area is 85.6 Å². The van der Waals surface area contributed by atoms with Gasteiger partial charge in [-0.15, -0.1) is 0 Å². The molecule has 0 fully saturated rings. The first-order valence-corrected chi connectivity index (χ1v) is 4.90. The Hall–Kier alpha value is -1.49. The molecule has 2 nitrogen and oxygen atoms in total. The third-order valence-corrected chi connectivity index (χ3v) is 2.39. The van der Waals surface area contributed by atoms with Gasteiger partial charge < -0.3 is 5.32 Å². The summed E-state index contributed by atoms with van der Waals surface area (Å²) < 4.78 is 0. The summed E-state index contributed by atoms with van der Waals surface area (Å²) in [7, 11) is 0. The van der Waals surface area contributed by atoms with Gasteiger partial charge in [-0.3, -0.25) is 0 Å². The SMILES string of the molecule is CC(C)[C@H](C)Nc1cccc(C#N)c1. The zero-order chi connectivity index (χ0) is 10.6. The molecule has 0 amide bonds. The van der Waals surface area contributed by atoms with Crippen molar-refractivity contribution < 1.29 is 0 Å². The lowest BCUT2D eigenvalue weighted by Crippen LogP contribution is -2.21. The Morgan fingerprint density at radius 2 is 2.00 bits per heavy atom. The van der Waals surface area contributed by atoms with Gasteiger partial charge in [0.15, 0.2) is 0 Å². The lowest BCUT2D eigenvalue weighted by atomic mass is 10.1. The van der Waals surface area contributed by atoms with Gasteiger partial charge in [-0.1, -0.05) is 19.9 Å². The van der Waals surface area contributed by atoms with E-state index in [1.807, 2.05) is 24.3 Å². The van der Waals surface area contributed by atoms with Crippen LogP contribution in [0.5, 0.6) is 0 Å². The Morgan fingerprint density at radius 3 is 2.57 bits per heavy atom. The van der Waals surface area contributed by atoms with Crippen LogP contribution in [0.15, 0.2) is 24.3 Å². The molecular weight excluding hydrogens is 172 g/mol. The van der Waals surface area contributed by atoms with E-state index in [1.54, 1.807) is 0 Å². The fourth-order valence-electron chi connectivity index (χ4n) is 1.11. The fourth-order valence-corrected chi connectivity index (χ4v) is 1.11. The van der Waals surface area contributed by atoms with Crippen LogP contribution in [0.4, 0.5) is 5.69 Å². The Morgan fingerprint density at radius 1 is 1.29 bits per heavy atom. The van der Waals surface area contributed by atoms with Crippen LogP contribution in [0.1, 0.15) is 26.3 Å². The van der Waals surface area contributed by atoms with Crippen molar-refractivity contribution >= 4 is 5.69 Å². The summed E-state index contributed by atoms with van der Waals surface area (Å²) >= 11 is 0. The third kappa shape index (κ3) is 2.77. The molecule has 2 heteroatoms. The molecule has 0 radical (unpaired) electrons. The number of anilines is 1. The molecule has 1 rings (SSSR count). The quantitative estimate of drug-likeness (QED) is 0.791. The Balaban J connectivity index is 2.73. The minimum atomic E-state index is 0.420. The Bertz CT molecular complexity index is 336. The fraction of sp³-hybridized carbons (Fsp3) is 0.417. The topological polar surface area (TPSA) is 35.8 Å². The van der Waals surface area contributed by atoms with Crippen molar-refractivity contribution in [2.45, 2.75) is 26.8 Å². The standard InChI is InChI=1S/C12H16N2/c1-9(2)10(3)14-12-6-4-5-11(7-12)8-13/h4-7,9-10,14H,1-3H3/t10-/m0/s1. The summed E-state index contributed by atoms with van der Waals surface area (Å²) in [6.07, 6.45) is 0. The number of rotatable bonds is 3. The predicted molar refractivity (Wildman–Crippen MR) is 59.1 cm³/mol. The van der Waals surface area contributed by atoms with E-state index in [-0.39, 0.29) is 0 Å². The maximum Gasteiger partial charge on any atom is 0.0992 e. The smallest absolute Gasteiger partial charge is 0.0992 e. The van der Waals surface area contributed by atoms with Gasteiger partial charge in [0.25, 0.3) is 0 Å². The van der Waals surface area contributed by atoms with Crippen molar-refractivity contribution in [1.29, 1.82) is 5.26 Å². The summed E-state index contributed by atoms with van der Waals surface area (Å²) in [4.78, 5) is 0. The van der Waals surface area contributed by atoms with Crippen LogP contribution in [-0.4, -0.2) is 6.04 Å². The first-order valence-electron chi connectivity index (χ1n) is 4.90. The van der Waals surface area contributed by atoms with E-state index in [2.05, 4.69) is 32.2 Å². The zero-order valence-electron chi connectivity index (χ0n) is 8.91. The van der Waals surface area contributed by atoms with Gasteiger partial charge in [-0.25, -0.2) is 0 Å². The highest BCUT2D eigenvalue weighted by atomic mass is 14.9. The van der Waals surface area contributed by atoms with Crippen LogP contribution < -0.4 is 5.32 Å². The number of nitrogens with zero attached hydrogens (tertiary/aromatic N) is 1. The molecule has 74 valence electrons. The van der Waals surface area contributed by atoms with Crippen molar-refractivity contribution in [3.63, 3.8) is 0 Å². The maximum atomic E-state index is 8.73. The summed E-state index contributed by atoms with van der Waals surface area (Å²) in [6.45, 7) is 6.49. The molecule has 1 aromatic carbocycles. The number of nitrogens with one attached hydrogen (secondary N) is 1. The van der Waals surface area contributed by atoms with Gasteiger partial charge in [0.1, 0.15) is 0 Å². The van der Waals surface area contributed by atoms with Gasteiger partial charge >= 0.3 is 0 Å². The highest BCUT2D eigenvalue weighted by Crippen LogP contribution is 2.13. The van der Waals surface area contributed by atoms with Crippen LogP contribution in [0, 0.1) is 17.2 Å². The second kappa shape index (κ2) is 4.66. The van der Waals surface area contributed by atoms with Gasteiger partial charge in [-0.2, -0.15) is 5.26 Å². The summed E-state index contributed by atoms with van der Waals surface area (Å²) in [6, 6.07) is 10.1. The maximum absolute atomic E-state index is 8.73.